The Balaban J connectivity index is 2.15. The van der Waals surface area contributed by atoms with Crippen molar-refractivity contribution >= 4 is 11.9 Å². The van der Waals surface area contributed by atoms with E-state index >= 15 is 0 Å². The summed E-state index contributed by atoms with van der Waals surface area (Å²) in [5.74, 6) is -1.05. The molecule has 19 heavy (non-hydrogen) atoms. The monoisotopic (exact) mass is 269 g/mol. The van der Waals surface area contributed by atoms with Crippen LogP contribution in [0.4, 0.5) is 4.39 Å². The Hall–Kier alpha value is -2.11. The molecular formula is C13H16FNO4. The normalized spacial score (nSPS) is 9.79. The number of rotatable bonds is 7. The highest BCUT2D eigenvalue weighted by Crippen LogP contribution is 2.15. The fourth-order valence-corrected chi connectivity index (χ4v) is 1.31. The standard InChI is InChI=1S/C13H16FNO4/c1-18-13(17)9-15-12(16)7-4-8-19-11-6-3-2-5-10(11)14/h2-3,5-6H,4,7-9H2,1H3,(H,15,16). The third-order valence-electron chi connectivity index (χ3n) is 2.30. The summed E-state index contributed by atoms with van der Waals surface area (Å²) in [4.78, 5) is 22.1. The third-order valence-corrected chi connectivity index (χ3v) is 2.30. The topological polar surface area (TPSA) is 64.6 Å². The molecule has 6 heteroatoms. The largest absolute Gasteiger partial charge is 0.491 e. The summed E-state index contributed by atoms with van der Waals surface area (Å²) in [5, 5.41) is 2.40. The van der Waals surface area contributed by atoms with E-state index in [0.29, 0.717) is 6.42 Å². The number of para-hydroxylation sites is 1. The van der Waals surface area contributed by atoms with Gasteiger partial charge in [-0.25, -0.2) is 4.39 Å². The van der Waals surface area contributed by atoms with Gasteiger partial charge in [0.25, 0.3) is 0 Å². The van der Waals surface area contributed by atoms with Crippen molar-refractivity contribution in [2.45, 2.75) is 12.8 Å². The van der Waals surface area contributed by atoms with Gasteiger partial charge in [0.1, 0.15) is 6.54 Å². The number of halogens is 1. The molecule has 5 nitrogen and oxygen atoms in total. The first-order valence-corrected chi connectivity index (χ1v) is 5.84. The predicted octanol–water partition coefficient (Wildman–Crippen LogP) is 1.27. The average Bonchev–Trinajstić information content (AvgIpc) is 2.42. The average molecular weight is 269 g/mol. The molecule has 0 heterocycles. The number of methoxy groups -OCH3 is 1. The lowest BCUT2D eigenvalue weighted by Crippen LogP contribution is -2.30. The Kier molecular flexibility index (Phi) is 6.35. The first kappa shape index (κ1) is 14.9. The molecule has 1 aromatic rings. The molecule has 0 aliphatic rings. The molecule has 1 N–H and O–H groups in total. The van der Waals surface area contributed by atoms with Gasteiger partial charge >= 0.3 is 5.97 Å². The summed E-state index contributed by atoms with van der Waals surface area (Å²) in [5.41, 5.74) is 0. The molecule has 0 bridgehead atoms. The Morgan fingerprint density at radius 3 is 2.74 bits per heavy atom. The lowest BCUT2D eigenvalue weighted by Gasteiger charge is -2.07. The molecule has 0 spiro atoms. The first-order chi connectivity index (χ1) is 9.13. The zero-order chi connectivity index (χ0) is 14.1. The maximum atomic E-state index is 13.2. The predicted molar refractivity (Wildman–Crippen MR) is 66.2 cm³/mol. The molecule has 0 aliphatic heterocycles. The summed E-state index contributed by atoms with van der Waals surface area (Å²) < 4.78 is 22.7. The van der Waals surface area contributed by atoms with Crippen LogP contribution in [-0.4, -0.2) is 32.1 Å². The SMILES string of the molecule is COC(=O)CNC(=O)CCCOc1ccccc1F. The smallest absolute Gasteiger partial charge is 0.325 e. The maximum absolute atomic E-state index is 13.2. The van der Waals surface area contributed by atoms with Gasteiger partial charge in [-0.1, -0.05) is 12.1 Å². The molecule has 0 aromatic heterocycles. The van der Waals surface area contributed by atoms with E-state index in [1.807, 2.05) is 0 Å². The lowest BCUT2D eigenvalue weighted by atomic mass is 10.3. The Morgan fingerprint density at radius 1 is 1.32 bits per heavy atom. The molecule has 0 unspecified atom stereocenters. The number of benzene rings is 1. The van der Waals surface area contributed by atoms with E-state index in [9.17, 15) is 14.0 Å². The van der Waals surface area contributed by atoms with E-state index in [1.54, 1.807) is 12.1 Å². The fourth-order valence-electron chi connectivity index (χ4n) is 1.31. The van der Waals surface area contributed by atoms with Crippen LogP contribution in [0.1, 0.15) is 12.8 Å². The van der Waals surface area contributed by atoms with Crippen molar-refractivity contribution in [2.24, 2.45) is 0 Å². The number of nitrogens with one attached hydrogen (secondary N) is 1. The molecule has 0 atom stereocenters. The minimum Gasteiger partial charge on any atom is -0.491 e. The summed E-state index contributed by atoms with van der Waals surface area (Å²) in [7, 11) is 1.25. The second-order valence-electron chi connectivity index (χ2n) is 3.74. The number of esters is 1. The summed E-state index contributed by atoms with van der Waals surface area (Å²) in [6, 6.07) is 6.06. The maximum Gasteiger partial charge on any atom is 0.325 e. The van der Waals surface area contributed by atoms with Crippen molar-refractivity contribution in [3.8, 4) is 5.75 Å². The van der Waals surface area contributed by atoms with Crippen molar-refractivity contribution in [3.05, 3.63) is 30.1 Å². The second-order valence-corrected chi connectivity index (χ2v) is 3.74. The molecule has 0 saturated carbocycles. The molecule has 104 valence electrons. The number of hydrogen-bond donors (Lipinski definition) is 1. The Morgan fingerprint density at radius 2 is 2.05 bits per heavy atom. The van der Waals surface area contributed by atoms with Crippen LogP contribution in [-0.2, 0) is 14.3 Å². The number of amides is 1. The van der Waals surface area contributed by atoms with Gasteiger partial charge in [0, 0.05) is 6.42 Å². The first-order valence-electron chi connectivity index (χ1n) is 5.84. The number of carbonyl (C=O) groups excluding carboxylic acids is 2. The molecule has 0 saturated heterocycles. The highest BCUT2D eigenvalue weighted by atomic mass is 19.1. The van der Waals surface area contributed by atoms with Gasteiger partial charge in [-0.2, -0.15) is 0 Å². The van der Waals surface area contributed by atoms with Crippen molar-refractivity contribution in [3.63, 3.8) is 0 Å². The molecule has 0 radical (unpaired) electrons. The summed E-state index contributed by atoms with van der Waals surface area (Å²) >= 11 is 0. The minimum absolute atomic E-state index is 0.149. The zero-order valence-electron chi connectivity index (χ0n) is 10.6. The van der Waals surface area contributed by atoms with E-state index in [4.69, 9.17) is 4.74 Å². The van der Waals surface area contributed by atoms with Crippen LogP contribution in [0.15, 0.2) is 24.3 Å². The van der Waals surface area contributed by atoms with E-state index < -0.39 is 11.8 Å². The number of hydrogen-bond acceptors (Lipinski definition) is 4. The Bertz CT molecular complexity index is 436. The van der Waals surface area contributed by atoms with E-state index in [-0.39, 0.29) is 31.2 Å². The van der Waals surface area contributed by atoms with Gasteiger partial charge in [0.05, 0.1) is 13.7 Å². The number of carbonyl (C=O) groups is 2. The zero-order valence-corrected chi connectivity index (χ0v) is 10.6. The van der Waals surface area contributed by atoms with Gasteiger partial charge < -0.3 is 14.8 Å². The molecule has 0 fully saturated rings. The molecular weight excluding hydrogens is 253 g/mol. The molecule has 1 amide bonds. The Labute approximate surface area is 110 Å². The van der Waals surface area contributed by atoms with E-state index in [2.05, 4.69) is 10.1 Å². The summed E-state index contributed by atoms with van der Waals surface area (Å²) in [6.45, 7) is 0.0794. The van der Waals surface area contributed by atoms with Gasteiger partial charge in [-0.15, -0.1) is 0 Å². The third kappa shape index (κ3) is 5.85. The highest BCUT2D eigenvalue weighted by molar-refractivity contribution is 5.81. The van der Waals surface area contributed by atoms with Crippen molar-refractivity contribution in [1.82, 2.24) is 5.32 Å². The highest BCUT2D eigenvalue weighted by Gasteiger charge is 2.06. The second kappa shape index (κ2) is 8.07. The quantitative estimate of drug-likeness (QED) is 0.598. The molecule has 1 aromatic carbocycles. The van der Waals surface area contributed by atoms with Crippen molar-refractivity contribution in [1.29, 1.82) is 0 Å². The molecule has 0 aliphatic carbocycles. The van der Waals surface area contributed by atoms with Crippen LogP contribution >= 0.6 is 0 Å². The van der Waals surface area contributed by atoms with Gasteiger partial charge in [0.2, 0.25) is 5.91 Å². The number of ether oxygens (including phenoxy) is 2. The van der Waals surface area contributed by atoms with Crippen LogP contribution in [0.3, 0.4) is 0 Å². The van der Waals surface area contributed by atoms with Gasteiger partial charge in [0.15, 0.2) is 11.6 Å². The van der Waals surface area contributed by atoms with Gasteiger partial charge in [-0.3, -0.25) is 9.59 Å². The van der Waals surface area contributed by atoms with E-state index in [1.165, 1.54) is 19.2 Å². The van der Waals surface area contributed by atoms with Crippen LogP contribution in [0.2, 0.25) is 0 Å². The summed E-state index contributed by atoms with van der Waals surface area (Å²) in [6.07, 6.45) is 0.632. The molecule has 1 rings (SSSR count). The van der Waals surface area contributed by atoms with Crippen LogP contribution in [0.25, 0.3) is 0 Å². The minimum atomic E-state index is -0.504. The van der Waals surface area contributed by atoms with Crippen molar-refractivity contribution in [2.75, 3.05) is 20.3 Å². The van der Waals surface area contributed by atoms with Crippen LogP contribution < -0.4 is 10.1 Å². The van der Waals surface area contributed by atoms with Crippen LogP contribution in [0, 0.1) is 5.82 Å². The van der Waals surface area contributed by atoms with Gasteiger partial charge in [-0.05, 0) is 18.6 Å². The van der Waals surface area contributed by atoms with Crippen LogP contribution in [0.5, 0.6) is 5.75 Å². The fraction of sp³-hybridized carbons (Fsp3) is 0.385. The van der Waals surface area contributed by atoms with Crippen molar-refractivity contribution < 1.29 is 23.5 Å². The lowest BCUT2D eigenvalue weighted by molar-refractivity contribution is -0.141. The van der Waals surface area contributed by atoms with E-state index in [0.717, 1.165) is 0 Å².